The molecule has 0 amide bonds. The molecule has 3 heterocycles. The van der Waals surface area contributed by atoms with Crippen molar-refractivity contribution < 1.29 is 0 Å². The summed E-state index contributed by atoms with van der Waals surface area (Å²) in [6, 6.07) is 18.5. The third-order valence-corrected chi connectivity index (χ3v) is 5.87. The quantitative estimate of drug-likeness (QED) is 0.484. The molecule has 1 aromatic carbocycles. The van der Waals surface area contributed by atoms with Gasteiger partial charge in [-0.25, -0.2) is 4.98 Å². The molecular weight excluding hydrogens is 344 g/mol. The first-order valence-electron chi connectivity index (χ1n) is 9.91. The number of fused-ring (bicyclic) bond motifs is 1. The minimum atomic E-state index is 0.230. The van der Waals surface area contributed by atoms with Crippen LogP contribution in [0.3, 0.4) is 0 Å². The summed E-state index contributed by atoms with van der Waals surface area (Å²) in [5.41, 5.74) is 9.12. The smallest absolute Gasteiger partial charge is 0.0927 e. The predicted molar refractivity (Wildman–Crippen MR) is 113 cm³/mol. The van der Waals surface area contributed by atoms with Crippen LogP contribution in [0, 0.1) is 0 Å². The van der Waals surface area contributed by atoms with Gasteiger partial charge in [-0.3, -0.25) is 5.10 Å². The van der Waals surface area contributed by atoms with E-state index in [1.807, 2.05) is 24.3 Å². The summed E-state index contributed by atoms with van der Waals surface area (Å²) < 4.78 is 0. The molecule has 0 fully saturated rings. The number of nitrogens with one attached hydrogen (secondary N) is 2. The number of benzene rings is 1. The van der Waals surface area contributed by atoms with Crippen molar-refractivity contribution in [3.05, 3.63) is 71.9 Å². The summed E-state index contributed by atoms with van der Waals surface area (Å²) >= 11 is 0. The topological polar surface area (TPSA) is 57.4 Å². The van der Waals surface area contributed by atoms with Crippen LogP contribution >= 0.6 is 0 Å². The average molecular weight is 368 g/mol. The van der Waals surface area contributed by atoms with E-state index in [0.29, 0.717) is 0 Å². The van der Waals surface area contributed by atoms with Crippen LogP contribution in [0.25, 0.3) is 34.0 Å². The van der Waals surface area contributed by atoms with Crippen molar-refractivity contribution in [3.8, 4) is 34.0 Å². The Morgan fingerprint density at radius 1 is 0.929 bits per heavy atom. The Kier molecular flexibility index (Phi) is 3.93. The average Bonchev–Trinajstić information content (AvgIpc) is 3.37. The number of hydrogen-bond acceptors (Lipinski definition) is 2. The summed E-state index contributed by atoms with van der Waals surface area (Å²) in [7, 11) is 0. The molecule has 4 aromatic rings. The van der Waals surface area contributed by atoms with Crippen LogP contribution in [0.2, 0.25) is 0 Å². The summed E-state index contributed by atoms with van der Waals surface area (Å²) in [4.78, 5) is 8.46. The SMILES string of the molecule is CC1(C)CCCc2c1c[nH]c2-c1cccc(-c2cc(-c3ccccc3)n[nH]2)n1. The van der Waals surface area contributed by atoms with Gasteiger partial charge in [0.05, 0.1) is 28.5 Å². The van der Waals surface area contributed by atoms with Gasteiger partial charge in [-0.1, -0.05) is 50.2 Å². The molecule has 0 radical (unpaired) electrons. The summed E-state index contributed by atoms with van der Waals surface area (Å²) in [6.45, 7) is 4.67. The van der Waals surface area contributed by atoms with Gasteiger partial charge in [0.15, 0.2) is 0 Å². The highest BCUT2D eigenvalue weighted by Crippen LogP contribution is 2.40. The number of aromatic nitrogens is 4. The van der Waals surface area contributed by atoms with Crippen LogP contribution in [0.15, 0.2) is 60.8 Å². The number of H-pyrrole nitrogens is 2. The van der Waals surface area contributed by atoms with Gasteiger partial charge in [0.2, 0.25) is 0 Å². The summed E-state index contributed by atoms with van der Waals surface area (Å²) in [5, 5.41) is 7.62. The standard InChI is InChI=1S/C24H24N4/c1-24(2)13-7-10-17-18(24)15-25-23(17)20-12-6-11-19(26-20)22-14-21(27-28-22)16-8-4-3-5-9-16/h3-6,8-9,11-12,14-15,25H,7,10,13H2,1-2H3,(H,27,28). The van der Waals surface area contributed by atoms with Crippen molar-refractivity contribution in [2.24, 2.45) is 0 Å². The van der Waals surface area contributed by atoms with Crippen LogP contribution < -0.4 is 0 Å². The number of hydrogen-bond donors (Lipinski definition) is 2. The Morgan fingerprint density at radius 3 is 2.61 bits per heavy atom. The second kappa shape index (κ2) is 6.48. The number of nitrogens with zero attached hydrogens (tertiary/aromatic N) is 2. The lowest BCUT2D eigenvalue weighted by Gasteiger charge is -2.30. The van der Waals surface area contributed by atoms with Gasteiger partial charge >= 0.3 is 0 Å². The van der Waals surface area contributed by atoms with Crippen LogP contribution in [0.1, 0.15) is 37.8 Å². The molecule has 0 atom stereocenters. The third kappa shape index (κ3) is 2.85. The lowest BCUT2D eigenvalue weighted by molar-refractivity contribution is 0.434. The van der Waals surface area contributed by atoms with Crippen LogP contribution in [0.5, 0.6) is 0 Å². The molecule has 3 aromatic heterocycles. The Morgan fingerprint density at radius 2 is 1.75 bits per heavy atom. The lowest BCUT2D eigenvalue weighted by Crippen LogP contribution is -2.22. The molecule has 1 aliphatic carbocycles. The van der Waals surface area contributed by atoms with E-state index < -0.39 is 0 Å². The van der Waals surface area contributed by atoms with Crippen LogP contribution in [-0.2, 0) is 11.8 Å². The van der Waals surface area contributed by atoms with Crippen molar-refractivity contribution in [1.29, 1.82) is 0 Å². The van der Waals surface area contributed by atoms with Gasteiger partial charge in [0.25, 0.3) is 0 Å². The predicted octanol–water partition coefficient (Wildman–Crippen LogP) is 5.75. The Balaban J connectivity index is 1.52. The highest BCUT2D eigenvalue weighted by molar-refractivity contribution is 5.69. The van der Waals surface area contributed by atoms with Crippen molar-refractivity contribution in [1.82, 2.24) is 20.2 Å². The fraction of sp³-hybridized carbons (Fsp3) is 0.250. The normalized spacial score (nSPS) is 15.4. The van der Waals surface area contributed by atoms with Gasteiger partial charge in [-0.2, -0.15) is 5.10 Å². The van der Waals surface area contributed by atoms with Crippen molar-refractivity contribution in [2.45, 2.75) is 38.5 Å². The highest BCUT2D eigenvalue weighted by atomic mass is 15.1. The molecule has 4 heteroatoms. The van der Waals surface area contributed by atoms with Crippen LogP contribution in [0.4, 0.5) is 0 Å². The lowest BCUT2D eigenvalue weighted by atomic mass is 9.74. The second-order valence-electron chi connectivity index (χ2n) is 8.23. The van der Waals surface area contributed by atoms with Crippen molar-refractivity contribution in [3.63, 3.8) is 0 Å². The van der Waals surface area contributed by atoms with Gasteiger partial charge in [0, 0.05) is 11.8 Å². The maximum absolute atomic E-state index is 4.95. The second-order valence-corrected chi connectivity index (χ2v) is 8.23. The van der Waals surface area contributed by atoms with E-state index in [4.69, 9.17) is 4.98 Å². The highest BCUT2D eigenvalue weighted by Gasteiger charge is 2.30. The van der Waals surface area contributed by atoms with Gasteiger partial charge in [-0.15, -0.1) is 0 Å². The maximum atomic E-state index is 4.95. The zero-order valence-corrected chi connectivity index (χ0v) is 16.3. The van der Waals surface area contributed by atoms with E-state index in [1.54, 1.807) is 0 Å². The molecule has 5 rings (SSSR count). The first-order valence-corrected chi connectivity index (χ1v) is 9.91. The maximum Gasteiger partial charge on any atom is 0.0927 e. The van der Waals surface area contributed by atoms with Crippen molar-refractivity contribution in [2.75, 3.05) is 0 Å². The Bertz CT molecular complexity index is 1120. The van der Waals surface area contributed by atoms with E-state index in [9.17, 15) is 0 Å². The largest absolute Gasteiger partial charge is 0.359 e. The van der Waals surface area contributed by atoms with E-state index in [1.165, 1.54) is 24.0 Å². The first-order chi connectivity index (χ1) is 13.6. The van der Waals surface area contributed by atoms with Gasteiger partial charge in [0.1, 0.15) is 0 Å². The van der Waals surface area contributed by atoms with Crippen molar-refractivity contribution >= 4 is 0 Å². The van der Waals surface area contributed by atoms with Gasteiger partial charge < -0.3 is 4.98 Å². The molecule has 28 heavy (non-hydrogen) atoms. The zero-order chi connectivity index (χ0) is 19.1. The number of rotatable bonds is 3. The molecule has 4 nitrogen and oxygen atoms in total. The minimum absolute atomic E-state index is 0.230. The number of pyridine rings is 1. The molecule has 2 N–H and O–H groups in total. The van der Waals surface area contributed by atoms with E-state index in [2.05, 4.69) is 65.6 Å². The Labute approximate surface area is 165 Å². The molecule has 140 valence electrons. The molecule has 0 aliphatic heterocycles. The third-order valence-electron chi connectivity index (χ3n) is 5.87. The monoisotopic (exact) mass is 368 g/mol. The zero-order valence-electron chi connectivity index (χ0n) is 16.3. The molecule has 0 unspecified atom stereocenters. The summed E-state index contributed by atoms with van der Waals surface area (Å²) in [6.07, 6.45) is 5.76. The number of aromatic amines is 2. The Hall–Kier alpha value is -3.14. The molecular formula is C24H24N4. The van der Waals surface area contributed by atoms with E-state index in [0.717, 1.165) is 40.5 Å². The molecule has 0 spiro atoms. The fourth-order valence-corrected chi connectivity index (χ4v) is 4.32. The van der Waals surface area contributed by atoms with Gasteiger partial charge in [-0.05, 0) is 54.0 Å². The first kappa shape index (κ1) is 17.0. The minimum Gasteiger partial charge on any atom is -0.359 e. The molecule has 0 saturated carbocycles. The van der Waals surface area contributed by atoms with Crippen LogP contribution in [-0.4, -0.2) is 20.2 Å². The molecule has 0 bridgehead atoms. The van der Waals surface area contributed by atoms with E-state index in [-0.39, 0.29) is 5.41 Å². The summed E-state index contributed by atoms with van der Waals surface area (Å²) in [5.74, 6) is 0. The van der Waals surface area contributed by atoms with E-state index >= 15 is 0 Å². The molecule has 1 aliphatic rings. The fourth-order valence-electron chi connectivity index (χ4n) is 4.32. The molecule has 0 saturated heterocycles.